The molecule has 0 bridgehead atoms. The van der Waals surface area contributed by atoms with E-state index in [0.717, 1.165) is 21.0 Å². The lowest BCUT2D eigenvalue weighted by atomic mass is 10.1. The van der Waals surface area contributed by atoms with Crippen molar-refractivity contribution in [1.82, 2.24) is 4.57 Å². The molecule has 0 aliphatic heterocycles. The Balaban J connectivity index is 1.85. The van der Waals surface area contributed by atoms with Gasteiger partial charge in [0.25, 0.3) is 5.91 Å². The van der Waals surface area contributed by atoms with Crippen LogP contribution in [0.15, 0.2) is 65.7 Å². The summed E-state index contributed by atoms with van der Waals surface area (Å²) in [6.07, 6.45) is 0. The van der Waals surface area contributed by atoms with Crippen molar-refractivity contribution in [2.24, 2.45) is 4.99 Å². The van der Waals surface area contributed by atoms with Crippen molar-refractivity contribution in [2.45, 2.75) is 13.5 Å². The molecule has 0 N–H and O–H groups in total. The molecule has 1 heterocycles. The van der Waals surface area contributed by atoms with Crippen molar-refractivity contribution in [3.8, 4) is 0 Å². The van der Waals surface area contributed by atoms with Gasteiger partial charge in [0.05, 0.1) is 16.8 Å². The van der Waals surface area contributed by atoms with E-state index in [4.69, 9.17) is 4.74 Å². The zero-order chi connectivity index (χ0) is 20.4. The topological polar surface area (TPSA) is 60.7 Å². The number of carbonyl (C=O) groups is 2. The summed E-state index contributed by atoms with van der Waals surface area (Å²) in [4.78, 5) is 29.3. The highest BCUT2D eigenvalue weighted by Crippen LogP contribution is 2.27. The van der Waals surface area contributed by atoms with Gasteiger partial charge in [-0.05, 0) is 30.5 Å². The molecule has 5 nitrogen and oxygen atoms in total. The Morgan fingerprint density at radius 1 is 1.00 bits per heavy atom. The fourth-order valence-electron chi connectivity index (χ4n) is 3.28. The first-order valence-electron chi connectivity index (χ1n) is 9.28. The summed E-state index contributed by atoms with van der Waals surface area (Å²) in [6, 6.07) is 18.9. The third kappa shape index (κ3) is 3.77. The lowest BCUT2D eigenvalue weighted by molar-refractivity contribution is 0.0991. The Labute approximate surface area is 171 Å². The van der Waals surface area contributed by atoms with E-state index in [0.29, 0.717) is 29.1 Å². The van der Waals surface area contributed by atoms with Crippen LogP contribution >= 0.6 is 11.3 Å². The van der Waals surface area contributed by atoms with Gasteiger partial charge in [0, 0.05) is 30.2 Å². The van der Waals surface area contributed by atoms with E-state index in [1.807, 2.05) is 16.7 Å². The largest absolute Gasteiger partial charge is 0.383 e. The summed E-state index contributed by atoms with van der Waals surface area (Å²) < 4.78 is 8.38. The number of hydrogen-bond donors (Lipinski definition) is 0. The molecule has 0 unspecified atom stereocenters. The van der Waals surface area contributed by atoms with Crippen molar-refractivity contribution in [3.05, 3.63) is 76.6 Å². The van der Waals surface area contributed by atoms with E-state index >= 15 is 0 Å². The van der Waals surface area contributed by atoms with Crippen molar-refractivity contribution in [1.29, 1.82) is 0 Å². The fraction of sp³-hybridized carbons (Fsp3) is 0.174. The second kappa shape index (κ2) is 8.11. The Hall–Kier alpha value is -3.09. The van der Waals surface area contributed by atoms with E-state index in [1.54, 1.807) is 31.4 Å². The van der Waals surface area contributed by atoms with Crippen molar-refractivity contribution in [3.63, 3.8) is 0 Å². The number of methoxy groups -OCH3 is 1. The summed E-state index contributed by atoms with van der Waals surface area (Å²) in [7, 11) is 1.66. The van der Waals surface area contributed by atoms with Gasteiger partial charge in [-0.1, -0.05) is 53.8 Å². The number of ether oxygens (including phenoxy) is 1. The Morgan fingerprint density at radius 2 is 1.72 bits per heavy atom. The third-order valence-corrected chi connectivity index (χ3v) is 5.96. The number of aromatic nitrogens is 1. The molecule has 0 saturated heterocycles. The maximum absolute atomic E-state index is 12.8. The van der Waals surface area contributed by atoms with E-state index < -0.39 is 0 Å². The summed E-state index contributed by atoms with van der Waals surface area (Å²) in [5.74, 6) is -0.364. The highest BCUT2D eigenvalue weighted by Gasteiger charge is 2.12. The number of hydrogen-bond acceptors (Lipinski definition) is 4. The lowest BCUT2D eigenvalue weighted by Crippen LogP contribution is -2.19. The number of nitrogens with zero attached hydrogens (tertiary/aromatic N) is 2. The first kappa shape index (κ1) is 19.2. The summed E-state index contributed by atoms with van der Waals surface area (Å²) in [5.41, 5.74) is 2.06. The average molecular weight is 404 g/mol. The van der Waals surface area contributed by atoms with Crippen molar-refractivity contribution in [2.75, 3.05) is 13.7 Å². The maximum atomic E-state index is 12.8. The number of rotatable bonds is 5. The molecule has 0 fully saturated rings. The monoisotopic (exact) mass is 404 g/mol. The predicted octanol–water partition coefficient (Wildman–Crippen LogP) is 4.45. The first-order valence-corrected chi connectivity index (χ1v) is 10.1. The van der Waals surface area contributed by atoms with Gasteiger partial charge in [-0.2, -0.15) is 4.99 Å². The van der Waals surface area contributed by atoms with Crippen molar-refractivity contribution >= 4 is 44.0 Å². The molecule has 3 aromatic carbocycles. The van der Waals surface area contributed by atoms with E-state index in [1.165, 1.54) is 18.3 Å². The second-order valence-electron chi connectivity index (χ2n) is 6.71. The van der Waals surface area contributed by atoms with Crippen LogP contribution in [0.2, 0.25) is 0 Å². The molecule has 0 aliphatic carbocycles. The smallest absolute Gasteiger partial charge is 0.279 e. The summed E-state index contributed by atoms with van der Waals surface area (Å²) >= 11 is 1.50. The first-order chi connectivity index (χ1) is 14.1. The SMILES string of the molecule is COCCn1c(=NC(=O)c2ccc(C(C)=O)cc2)sc2c3ccccc3ccc21. The zero-order valence-corrected chi connectivity index (χ0v) is 17.0. The molecule has 0 aliphatic rings. The van der Waals surface area contributed by atoms with Gasteiger partial charge in [0.2, 0.25) is 0 Å². The number of ketones is 1. The molecule has 0 spiro atoms. The van der Waals surface area contributed by atoms with Crippen LogP contribution < -0.4 is 4.80 Å². The highest BCUT2D eigenvalue weighted by molar-refractivity contribution is 7.17. The molecule has 0 radical (unpaired) electrons. The van der Waals surface area contributed by atoms with Gasteiger partial charge in [-0.15, -0.1) is 0 Å². The Bertz CT molecular complexity index is 1280. The van der Waals surface area contributed by atoms with Crippen LogP contribution in [0.1, 0.15) is 27.6 Å². The zero-order valence-electron chi connectivity index (χ0n) is 16.2. The lowest BCUT2D eigenvalue weighted by Gasteiger charge is -2.05. The Morgan fingerprint density at radius 3 is 2.45 bits per heavy atom. The number of carbonyl (C=O) groups excluding carboxylic acids is 2. The van der Waals surface area contributed by atoms with Gasteiger partial charge in [-0.3, -0.25) is 9.59 Å². The molecule has 0 saturated carbocycles. The van der Waals surface area contributed by atoms with Crippen LogP contribution in [0.3, 0.4) is 0 Å². The van der Waals surface area contributed by atoms with Crippen LogP contribution in [-0.2, 0) is 11.3 Å². The summed E-state index contributed by atoms with van der Waals surface area (Å²) in [6.45, 7) is 2.62. The van der Waals surface area contributed by atoms with Crippen LogP contribution in [0.5, 0.6) is 0 Å². The number of fused-ring (bicyclic) bond motifs is 3. The van der Waals surface area contributed by atoms with Crippen LogP contribution in [-0.4, -0.2) is 30.0 Å². The Kier molecular flexibility index (Phi) is 5.38. The molecule has 0 atom stereocenters. The number of benzene rings is 3. The van der Waals surface area contributed by atoms with Gasteiger partial charge in [-0.25, -0.2) is 0 Å². The molecular formula is C23H20N2O3S. The average Bonchev–Trinajstić information content (AvgIpc) is 3.09. The molecule has 1 aromatic heterocycles. The van der Waals surface area contributed by atoms with Crippen LogP contribution in [0.4, 0.5) is 0 Å². The van der Waals surface area contributed by atoms with Gasteiger partial charge in [0.1, 0.15) is 0 Å². The van der Waals surface area contributed by atoms with Gasteiger partial charge in [0.15, 0.2) is 10.6 Å². The predicted molar refractivity (Wildman–Crippen MR) is 116 cm³/mol. The maximum Gasteiger partial charge on any atom is 0.279 e. The quantitative estimate of drug-likeness (QED) is 0.462. The van der Waals surface area contributed by atoms with Crippen molar-refractivity contribution < 1.29 is 14.3 Å². The van der Waals surface area contributed by atoms with E-state index in [9.17, 15) is 9.59 Å². The second-order valence-corrected chi connectivity index (χ2v) is 7.69. The molecule has 4 rings (SSSR count). The minimum absolute atomic E-state index is 0.0327. The molecule has 29 heavy (non-hydrogen) atoms. The highest BCUT2D eigenvalue weighted by atomic mass is 32.1. The molecule has 4 aromatic rings. The van der Waals surface area contributed by atoms with Gasteiger partial charge < -0.3 is 9.30 Å². The number of thiazole rings is 1. The normalized spacial score (nSPS) is 12.0. The molecule has 146 valence electrons. The van der Waals surface area contributed by atoms with Crippen LogP contribution in [0, 0.1) is 0 Å². The molecule has 1 amide bonds. The minimum atomic E-state index is -0.331. The van der Waals surface area contributed by atoms with Crippen LogP contribution in [0.25, 0.3) is 21.0 Å². The van der Waals surface area contributed by atoms with E-state index in [-0.39, 0.29) is 11.7 Å². The standard InChI is InChI=1S/C23H20N2O3S/c1-15(26)16-7-9-18(10-8-16)22(27)24-23-25(13-14-28-2)20-12-11-17-5-3-4-6-19(17)21(20)29-23/h3-12H,13-14H2,1-2H3. The number of Topliss-reactive ketones (excluding diaryl/α,β-unsaturated/α-hetero) is 1. The third-order valence-electron chi connectivity index (χ3n) is 4.83. The molecular weight excluding hydrogens is 384 g/mol. The molecule has 6 heteroatoms. The number of amides is 1. The fourth-order valence-corrected chi connectivity index (χ4v) is 4.47. The minimum Gasteiger partial charge on any atom is -0.383 e. The summed E-state index contributed by atoms with van der Waals surface area (Å²) in [5, 5.41) is 2.29. The van der Waals surface area contributed by atoms with Gasteiger partial charge >= 0.3 is 0 Å². The van der Waals surface area contributed by atoms with E-state index in [2.05, 4.69) is 29.3 Å².